The Morgan fingerprint density at radius 2 is 1.62 bits per heavy atom. The van der Waals surface area contributed by atoms with Crippen LogP contribution in [0, 0.1) is 12.3 Å². The minimum absolute atomic E-state index is 0.0523. The number of rotatable bonds is 4. The highest BCUT2D eigenvalue weighted by molar-refractivity contribution is 5.94. The first kappa shape index (κ1) is 24.2. The average molecular weight is 464 g/mol. The van der Waals surface area contributed by atoms with Crippen LogP contribution in [0.1, 0.15) is 61.4 Å². The van der Waals surface area contributed by atoms with Crippen LogP contribution in [-0.4, -0.2) is 71.9 Å². The van der Waals surface area contributed by atoms with E-state index in [4.69, 9.17) is 4.98 Å². The molecule has 2 aliphatic heterocycles. The maximum atomic E-state index is 13.8. The molecule has 7 heteroatoms. The molecule has 2 aliphatic rings. The van der Waals surface area contributed by atoms with Crippen molar-refractivity contribution in [2.45, 2.75) is 51.9 Å². The number of anilines is 1. The lowest BCUT2D eigenvalue weighted by molar-refractivity contribution is -0.146. The average Bonchev–Trinajstić information content (AvgIpc) is 2.84. The maximum absolute atomic E-state index is 13.8. The van der Waals surface area contributed by atoms with Crippen LogP contribution in [0.4, 0.5) is 5.82 Å². The van der Waals surface area contributed by atoms with Crippen molar-refractivity contribution in [2.75, 3.05) is 45.2 Å². The number of likely N-dealkylation sites (tertiary alicyclic amines) is 2. The molecule has 2 amide bonds. The van der Waals surface area contributed by atoms with Gasteiger partial charge in [-0.05, 0) is 44.7 Å². The molecule has 0 bridgehead atoms. The Balaban J connectivity index is 1.45. The third-order valence-electron chi connectivity index (χ3n) is 7.58. The van der Waals surface area contributed by atoms with Crippen LogP contribution in [-0.2, 0) is 10.2 Å². The third-order valence-corrected chi connectivity index (χ3v) is 7.58. The van der Waals surface area contributed by atoms with Gasteiger partial charge in [0.2, 0.25) is 5.91 Å². The number of piperidine rings is 2. The molecule has 0 radical (unpaired) electrons. The summed E-state index contributed by atoms with van der Waals surface area (Å²) in [5.74, 6) is 1.92. The quantitative estimate of drug-likeness (QED) is 0.692. The molecular weight excluding hydrogens is 426 g/mol. The second-order valence-electron chi connectivity index (χ2n) is 10.7. The van der Waals surface area contributed by atoms with Crippen molar-refractivity contribution in [3.05, 3.63) is 53.5 Å². The fourth-order valence-electron chi connectivity index (χ4n) is 5.27. The van der Waals surface area contributed by atoms with E-state index in [1.54, 1.807) is 0 Å². The lowest BCUT2D eigenvalue weighted by Gasteiger charge is -2.46. The molecule has 2 saturated heterocycles. The number of aryl methyl sites for hydroxylation is 1. The fraction of sp³-hybridized carbons (Fsp3) is 0.556. The van der Waals surface area contributed by atoms with Crippen LogP contribution in [0.3, 0.4) is 0 Å². The summed E-state index contributed by atoms with van der Waals surface area (Å²) in [6.07, 6.45) is 3.33. The summed E-state index contributed by atoms with van der Waals surface area (Å²) in [5.41, 5.74) is 1.07. The molecule has 2 aromatic rings. The molecule has 0 N–H and O–H groups in total. The van der Waals surface area contributed by atoms with E-state index in [0.29, 0.717) is 38.0 Å². The zero-order valence-electron chi connectivity index (χ0n) is 21.2. The summed E-state index contributed by atoms with van der Waals surface area (Å²) < 4.78 is 0. The number of hydrogen-bond acceptors (Lipinski definition) is 5. The maximum Gasteiger partial charge on any atom is 0.253 e. The van der Waals surface area contributed by atoms with E-state index in [9.17, 15) is 9.59 Å². The van der Waals surface area contributed by atoms with E-state index >= 15 is 0 Å². The first-order valence-electron chi connectivity index (χ1n) is 12.3. The normalized spacial score (nSPS) is 22.4. The Hall–Kier alpha value is -2.96. The monoisotopic (exact) mass is 463 g/mol. The molecule has 0 saturated carbocycles. The summed E-state index contributed by atoms with van der Waals surface area (Å²) in [4.78, 5) is 41.9. The standard InChI is InChI=1S/C27H37N5O2/c1-20-28-22(18-23(29-20)30(4)5)27(3)12-9-15-32(19-27)25(34)26(2)13-16-31(17-14-26)24(33)21-10-7-6-8-11-21/h6-8,10-11,18H,9,12-17,19H2,1-5H3/t27-/m1/s1. The van der Waals surface area contributed by atoms with Crippen LogP contribution in [0.15, 0.2) is 36.4 Å². The number of nitrogens with zero attached hydrogens (tertiary/aromatic N) is 5. The number of benzene rings is 1. The van der Waals surface area contributed by atoms with Crippen LogP contribution in [0.2, 0.25) is 0 Å². The smallest absolute Gasteiger partial charge is 0.253 e. The van der Waals surface area contributed by atoms with Crippen LogP contribution in [0.5, 0.6) is 0 Å². The van der Waals surface area contributed by atoms with Gasteiger partial charge in [0.05, 0.1) is 5.69 Å². The van der Waals surface area contributed by atoms with Crippen LogP contribution >= 0.6 is 0 Å². The highest BCUT2D eigenvalue weighted by atomic mass is 16.2. The van der Waals surface area contributed by atoms with Crippen molar-refractivity contribution in [2.24, 2.45) is 5.41 Å². The number of amides is 2. The van der Waals surface area contributed by atoms with E-state index in [-0.39, 0.29) is 17.2 Å². The van der Waals surface area contributed by atoms with Gasteiger partial charge in [-0.25, -0.2) is 9.97 Å². The van der Waals surface area contributed by atoms with Gasteiger partial charge in [-0.2, -0.15) is 0 Å². The fourth-order valence-corrected chi connectivity index (χ4v) is 5.27. The molecule has 2 fully saturated rings. The molecule has 1 aromatic heterocycles. The van der Waals surface area contributed by atoms with Gasteiger partial charge >= 0.3 is 0 Å². The SMILES string of the molecule is Cc1nc(N(C)C)cc([C@]2(C)CCCN(C(=O)C3(C)CCN(C(=O)c4ccccc4)CC3)C2)n1. The van der Waals surface area contributed by atoms with Crippen molar-refractivity contribution in [3.8, 4) is 0 Å². The molecular formula is C27H37N5O2. The van der Waals surface area contributed by atoms with Gasteiger partial charge in [0, 0.05) is 62.7 Å². The first-order valence-corrected chi connectivity index (χ1v) is 12.3. The molecule has 1 aromatic carbocycles. The summed E-state index contributed by atoms with van der Waals surface area (Å²) in [7, 11) is 3.97. The van der Waals surface area contributed by atoms with Crippen molar-refractivity contribution < 1.29 is 9.59 Å². The second-order valence-corrected chi connectivity index (χ2v) is 10.7. The Bertz CT molecular complexity index is 1050. The largest absolute Gasteiger partial charge is 0.363 e. The number of carbonyl (C=O) groups excluding carboxylic acids is 2. The summed E-state index contributed by atoms with van der Waals surface area (Å²) >= 11 is 0. The minimum Gasteiger partial charge on any atom is -0.363 e. The predicted molar refractivity (Wildman–Crippen MR) is 134 cm³/mol. The van der Waals surface area contributed by atoms with Crippen molar-refractivity contribution in [1.82, 2.24) is 19.8 Å². The third kappa shape index (κ3) is 4.79. The zero-order chi connectivity index (χ0) is 24.5. The van der Waals surface area contributed by atoms with E-state index in [1.165, 1.54) is 0 Å². The Morgan fingerprint density at radius 3 is 2.26 bits per heavy atom. The minimum atomic E-state index is -0.442. The summed E-state index contributed by atoms with van der Waals surface area (Å²) in [6.45, 7) is 8.88. The van der Waals surface area contributed by atoms with E-state index in [0.717, 1.165) is 36.7 Å². The molecule has 0 spiro atoms. The molecule has 4 rings (SSSR count). The van der Waals surface area contributed by atoms with Gasteiger partial charge in [0.25, 0.3) is 5.91 Å². The first-order chi connectivity index (χ1) is 16.1. The van der Waals surface area contributed by atoms with Crippen LogP contribution < -0.4 is 4.90 Å². The van der Waals surface area contributed by atoms with Gasteiger partial charge in [-0.15, -0.1) is 0 Å². The summed E-state index contributed by atoms with van der Waals surface area (Å²) in [6, 6.07) is 11.5. The summed E-state index contributed by atoms with van der Waals surface area (Å²) in [5, 5.41) is 0. The Kier molecular flexibility index (Phi) is 6.65. The topological polar surface area (TPSA) is 69.6 Å². The number of hydrogen-bond donors (Lipinski definition) is 0. The van der Waals surface area contributed by atoms with Gasteiger partial charge in [-0.3, -0.25) is 9.59 Å². The molecule has 182 valence electrons. The van der Waals surface area contributed by atoms with Gasteiger partial charge in [0.1, 0.15) is 11.6 Å². The van der Waals surface area contributed by atoms with Crippen LogP contribution in [0.25, 0.3) is 0 Å². The molecule has 1 atom stereocenters. The number of carbonyl (C=O) groups is 2. The van der Waals surface area contributed by atoms with Gasteiger partial charge < -0.3 is 14.7 Å². The van der Waals surface area contributed by atoms with Crippen molar-refractivity contribution in [1.29, 1.82) is 0 Å². The second kappa shape index (κ2) is 9.35. The van der Waals surface area contributed by atoms with Gasteiger partial charge in [-0.1, -0.05) is 32.0 Å². The van der Waals surface area contributed by atoms with Crippen molar-refractivity contribution in [3.63, 3.8) is 0 Å². The molecule has 0 unspecified atom stereocenters. The Labute approximate surface area is 203 Å². The predicted octanol–water partition coefficient (Wildman–Crippen LogP) is 3.67. The highest BCUT2D eigenvalue weighted by Crippen LogP contribution is 2.38. The van der Waals surface area contributed by atoms with E-state index in [2.05, 4.69) is 24.9 Å². The highest BCUT2D eigenvalue weighted by Gasteiger charge is 2.44. The molecule has 0 aliphatic carbocycles. The molecule has 3 heterocycles. The van der Waals surface area contributed by atoms with Crippen molar-refractivity contribution >= 4 is 17.6 Å². The van der Waals surface area contributed by atoms with E-state index in [1.807, 2.05) is 66.1 Å². The van der Waals surface area contributed by atoms with E-state index < -0.39 is 5.41 Å². The number of aromatic nitrogens is 2. The molecule has 34 heavy (non-hydrogen) atoms. The van der Waals surface area contributed by atoms with Gasteiger partial charge in [0.15, 0.2) is 0 Å². The lowest BCUT2D eigenvalue weighted by atomic mass is 9.75. The lowest BCUT2D eigenvalue weighted by Crippen LogP contribution is -2.54. The molecule has 7 nitrogen and oxygen atoms in total. The zero-order valence-corrected chi connectivity index (χ0v) is 21.2. The Morgan fingerprint density at radius 1 is 0.941 bits per heavy atom.